The Labute approximate surface area is 118 Å². The second kappa shape index (κ2) is 5.57. The van der Waals surface area contributed by atoms with Gasteiger partial charge in [-0.1, -0.05) is 55.1 Å². The van der Waals surface area contributed by atoms with Gasteiger partial charge in [0.05, 0.1) is 11.2 Å². The molecule has 98 valence electrons. The minimum atomic E-state index is 0.488. The molecule has 2 aromatic carbocycles. The normalized spacial score (nSPS) is 10.4. The number of aromatic nitrogens is 1. The van der Waals surface area contributed by atoms with Crippen LogP contribution in [-0.4, -0.2) is 11.6 Å². The van der Waals surface area contributed by atoms with Crippen molar-refractivity contribution in [2.24, 2.45) is 0 Å². The molecule has 0 unspecified atom stereocenters. The maximum absolute atomic E-state index is 5.77. The zero-order valence-electron chi connectivity index (χ0n) is 11.1. The first-order chi connectivity index (χ1) is 9.88. The fourth-order valence-corrected chi connectivity index (χ4v) is 2.17. The largest absolute Gasteiger partial charge is 0.489 e. The molecule has 0 radical (unpaired) electrons. The number of rotatable bonds is 4. The molecule has 0 fully saturated rings. The second-order valence-electron chi connectivity index (χ2n) is 4.49. The average molecular weight is 261 g/mol. The van der Waals surface area contributed by atoms with E-state index in [0.717, 1.165) is 27.9 Å². The molecule has 0 aliphatic rings. The number of benzene rings is 2. The molecule has 3 aromatic rings. The molecule has 0 saturated carbocycles. The Morgan fingerprint density at radius 1 is 1.00 bits per heavy atom. The molecule has 0 saturated heterocycles. The quantitative estimate of drug-likeness (QED) is 0.646. The highest BCUT2D eigenvalue weighted by molar-refractivity contribution is 5.87. The third-order valence-corrected chi connectivity index (χ3v) is 3.10. The van der Waals surface area contributed by atoms with E-state index in [9.17, 15) is 0 Å². The minimum Gasteiger partial charge on any atom is -0.489 e. The summed E-state index contributed by atoms with van der Waals surface area (Å²) in [6.07, 6.45) is 1.75. The van der Waals surface area contributed by atoms with Crippen LogP contribution in [0.3, 0.4) is 0 Å². The van der Waals surface area contributed by atoms with Gasteiger partial charge in [0.25, 0.3) is 0 Å². The molecule has 1 heterocycles. The van der Waals surface area contributed by atoms with E-state index in [0.29, 0.717) is 6.61 Å². The Kier molecular flexibility index (Phi) is 3.46. The van der Waals surface area contributed by atoms with Crippen molar-refractivity contribution in [2.75, 3.05) is 6.61 Å². The Balaban J connectivity index is 2.17. The first kappa shape index (κ1) is 12.4. The van der Waals surface area contributed by atoms with Gasteiger partial charge in [-0.25, -0.2) is 4.98 Å². The van der Waals surface area contributed by atoms with E-state index in [4.69, 9.17) is 9.72 Å². The second-order valence-corrected chi connectivity index (χ2v) is 4.49. The summed E-state index contributed by atoms with van der Waals surface area (Å²) in [5, 5.41) is 1.02. The van der Waals surface area contributed by atoms with Gasteiger partial charge in [0.1, 0.15) is 12.4 Å². The number of ether oxygens (including phenoxy) is 1. The molecular formula is C18H15NO. The highest BCUT2D eigenvalue weighted by Gasteiger charge is 2.07. The van der Waals surface area contributed by atoms with E-state index >= 15 is 0 Å². The standard InChI is InChI=1S/C18H15NO/c1-2-12-20-18-13-17(14-8-4-3-5-9-14)19-16-11-7-6-10-15(16)18/h2-11,13H,1,12H2. The smallest absolute Gasteiger partial charge is 0.131 e. The summed E-state index contributed by atoms with van der Waals surface area (Å²) < 4.78 is 5.77. The molecule has 1 aromatic heterocycles. The Morgan fingerprint density at radius 3 is 2.55 bits per heavy atom. The summed E-state index contributed by atoms with van der Waals surface area (Å²) in [5.41, 5.74) is 2.94. The van der Waals surface area contributed by atoms with Crippen LogP contribution in [0.1, 0.15) is 0 Å². The summed E-state index contributed by atoms with van der Waals surface area (Å²) in [5.74, 6) is 0.842. The van der Waals surface area contributed by atoms with Crippen molar-refractivity contribution in [1.29, 1.82) is 0 Å². The third-order valence-electron chi connectivity index (χ3n) is 3.10. The summed E-state index contributed by atoms with van der Waals surface area (Å²) in [4.78, 5) is 4.71. The van der Waals surface area contributed by atoms with Gasteiger partial charge < -0.3 is 4.74 Å². The molecule has 0 aliphatic heterocycles. The van der Waals surface area contributed by atoms with Crippen molar-refractivity contribution in [2.45, 2.75) is 0 Å². The van der Waals surface area contributed by atoms with Crippen molar-refractivity contribution in [3.8, 4) is 17.0 Å². The lowest BCUT2D eigenvalue weighted by molar-refractivity contribution is 0.367. The summed E-state index contributed by atoms with van der Waals surface area (Å²) in [6.45, 7) is 4.18. The summed E-state index contributed by atoms with van der Waals surface area (Å²) >= 11 is 0. The van der Waals surface area contributed by atoms with Gasteiger partial charge in [-0.05, 0) is 12.1 Å². The average Bonchev–Trinajstić information content (AvgIpc) is 2.53. The Morgan fingerprint density at radius 2 is 1.75 bits per heavy atom. The zero-order valence-corrected chi connectivity index (χ0v) is 11.1. The third kappa shape index (κ3) is 2.41. The van der Waals surface area contributed by atoms with Crippen molar-refractivity contribution >= 4 is 10.9 Å². The van der Waals surface area contributed by atoms with Crippen LogP contribution < -0.4 is 4.74 Å². The minimum absolute atomic E-state index is 0.488. The monoisotopic (exact) mass is 261 g/mol. The summed E-state index contributed by atoms with van der Waals surface area (Å²) in [6, 6.07) is 20.1. The van der Waals surface area contributed by atoms with Crippen LogP contribution in [0.2, 0.25) is 0 Å². The van der Waals surface area contributed by atoms with Gasteiger partial charge in [0.2, 0.25) is 0 Å². The van der Waals surface area contributed by atoms with E-state index in [-0.39, 0.29) is 0 Å². The molecule has 0 atom stereocenters. The number of hydrogen-bond acceptors (Lipinski definition) is 2. The van der Waals surface area contributed by atoms with Gasteiger partial charge in [-0.2, -0.15) is 0 Å². The predicted octanol–water partition coefficient (Wildman–Crippen LogP) is 4.47. The van der Waals surface area contributed by atoms with E-state index in [1.54, 1.807) is 6.08 Å². The van der Waals surface area contributed by atoms with E-state index in [1.807, 2.05) is 60.7 Å². The van der Waals surface area contributed by atoms with Crippen LogP contribution in [-0.2, 0) is 0 Å². The highest BCUT2D eigenvalue weighted by Crippen LogP contribution is 2.29. The van der Waals surface area contributed by atoms with Gasteiger partial charge in [-0.15, -0.1) is 0 Å². The van der Waals surface area contributed by atoms with Crippen LogP contribution in [0.4, 0.5) is 0 Å². The highest BCUT2D eigenvalue weighted by atomic mass is 16.5. The Hall–Kier alpha value is -2.61. The fraction of sp³-hybridized carbons (Fsp3) is 0.0556. The van der Waals surface area contributed by atoms with Gasteiger partial charge in [0, 0.05) is 17.0 Å². The van der Waals surface area contributed by atoms with Crippen molar-refractivity contribution in [3.63, 3.8) is 0 Å². The predicted molar refractivity (Wildman–Crippen MR) is 82.9 cm³/mol. The van der Waals surface area contributed by atoms with E-state index in [1.165, 1.54) is 0 Å². The number of para-hydroxylation sites is 1. The van der Waals surface area contributed by atoms with Crippen LogP contribution in [0.25, 0.3) is 22.2 Å². The van der Waals surface area contributed by atoms with Gasteiger partial charge >= 0.3 is 0 Å². The molecule has 2 nitrogen and oxygen atoms in total. The van der Waals surface area contributed by atoms with Crippen LogP contribution in [0, 0.1) is 0 Å². The fourth-order valence-electron chi connectivity index (χ4n) is 2.17. The first-order valence-electron chi connectivity index (χ1n) is 6.57. The molecule has 0 N–H and O–H groups in total. The molecule has 0 aliphatic carbocycles. The first-order valence-corrected chi connectivity index (χ1v) is 6.57. The number of pyridine rings is 1. The SMILES string of the molecule is C=CCOc1cc(-c2ccccc2)nc2ccccc12. The van der Waals surface area contributed by atoms with Crippen LogP contribution >= 0.6 is 0 Å². The number of nitrogens with zero attached hydrogens (tertiary/aromatic N) is 1. The lowest BCUT2D eigenvalue weighted by Gasteiger charge is -2.10. The van der Waals surface area contributed by atoms with Crippen molar-refractivity contribution < 1.29 is 4.74 Å². The number of hydrogen-bond donors (Lipinski definition) is 0. The Bertz CT molecular complexity index is 735. The van der Waals surface area contributed by atoms with Crippen LogP contribution in [0.15, 0.2) is 73.3 Å². The van der Waals surface area contributed by atoms with E-state index in [2.05, 4.69) is 6.58 Å². The molecular weight excluding hydrogens is 246 g/mol. The number of fused-ring (bicyclic) bond motifs is 1. The van der Waals surface area contributed by atoms with Crippen molar-refractivity contribution in [1.82, 2.24) is 4.98 Å². The maximum atomic E-state index is 5.77. The molecule has 0 spiro atoms. The zero-order chi connectivity index (χ0) is 13.8. The van der Waals surface area contributed by atoms with Crippen molar-refractivity contribution in [3.05, 3.63) is 73.3 Å². The molecule has 0 bridgehead atoms. The lowest BCUT2D eigenvalue weighted by atomic mass is 10.1. The van der Waals surface area contributed by atoms with Gasteiger partial charge in [0.15, 0.2) is 0 Å². The molecule has 2 heteroatoms. The lowest BCUT2D eigenvalue weighted by Crippen LogP contribution is -1.96. The van der Waals surface area contributed by atoms with E-state index < -0.39 is 0 Å². The summed E-state index contributed by atoms with van der Waals surface area (Å²) in [7, 11) is 0. The van der Waals surface area contributed by atoms with Crippen LogP contribution in [0.5, 0.6) is 5.75 Å². The molecule has 3 rings (SSSR count). The van der Waals surface area contributed by atoms with Gasteiger partial charge in [-0.3, -0.25) is 0 Å². The maximum Gasteiger partial charge on any atom is 0.131 e. The molecule has 0 amide bonds. The topological polar surface area (TPSA) is 22.1 Å². The molecule has 20 heavy (non-hydrogen) atoms.